The molecule has 4 heterocycles. The van der Waals surface area contributed by atoms with Crippen LogP contribution in [0.3, 0.4) is 0 Å². The normalized spacial score (nSPS) is 15.4. The van der Waals surface area contributed by atoms with E-state index < -0.39 is 0 Å². The van der Waals surface area contributed by atoms with E-state index in [0.717, 1.165) is 57.5 Å². The maximum Gasteiger partial charge on any atom is 0.263 e. The zero-order valence-corrected chi connectivity index (χ0v) is 27.8. The van der Waals surface area contributed by atoms with Gasteiger partial charge in [-0.3, -0.25) is 28.6 Å². The van der Waals surface area contributed by atoms with Gasteiger partial charge in [0.25, 0.3) is 5.56 Å². The minimum atomic E-state index is -0.277. The molecular formula is C34H45N9O5. The number of pyridine rings is 2. The summed E-state index contributed by atoms with van der Waals surface area (Å²) in [7, 11) is 0. The molecular weight excluding hydrogens is 614 g/mol. The first-order valence-electron chi connectivity index (χ1n) is 16.6. The Morgan fingerprint density at radius 3 is 2.42 bits per heavy atom. The molecule has 0 unspecified atom stereocenters. The number of aryl methyl sites for hydroxylation is 1. The monoisotopic (exact) mass is 659 g/mol. The second-order valence-electron chi connectivity index (χ2n) is 12.2. The van der Waals surface area contributed by atoms with Gasteiger partial charge in [0.15, 0.2) is 5.78 Å². The number of amides is 2. The Hall–Kier alpha value is -4.69. The summed E-state index contributed by atoms with van der Waals surface area (Å²) in [4.78, 5) is 67.6. The van der Waals surface area contributed by atoms with Gasteiger partial charge in [0.2, 0.25) is 17.8 Å². The molecule has 5 rings (SSSR count). The maximum absolute atomic E-state index is 13.5. The van der Waals surface area contributed by atoms with E-state index in [0.29, 0.717) is 67.6 Å². The van der Waals surface area contributed by atoms with Crippen molar-refractivity contribution < 1.29 is 19.1 Å². The summed E-state index contributed by atoms with van der Waals surface area (Å²) in [5.74, 6) is 0.425. The average molecular weight is 660 g/mol. The molecule has 0 aromatic carbocycles. The van der Waals surface area contributed by atoms with Gasteiger partial charge < -0.3 is 25.6 Å². The van der Waals surface area contributed by atoms with Gasteiger partial charge in [-0.05, 0) is 50.5 Å². The van der Waals surface area contributed by atoms with Gasteiger partial charge in [-0.2, -0.15) is 4.98 Å². The number of nitrogens with zero attached hydrogens (tertiary/aromatic N) is 6. The number of nitrogens with one attached hydrogen (secondary N) is 3. The van der Waals surface area contributed by atoms with Crippen LogP contribution < -0.4 is 26.4 Å². The Balaban J connectivity index is 1.10. The fourth-order valence-corrected chi connectivity index (χ4v) is 6.33. The summed E-state index contributed by atoms with van der Waals surface area (Å²) in [6.07, 6.45) is 8.98. The second-order valence-corrected chi connectivity index (χ2v) is 12.2. The van der Waals surface area contributed by atoms with Crippen LogP contribution >= 0.6 is 0 Å². The molecule has 48 heavy (non-hydrogen) atoms. The van der Waals surface area contributed by atoms with Gasteiger partial charge in [0.05, 0.1) is 30.7 Å². The fraction of sp³-hybridized carbons (Fsp3) is 0.500. The van der Waals surface area contributed by atoms with E-state index in [4.69, 9.17) is 9.72 Å². The maximum atomic E-state index is 13.5. The zero-order valence-electron chi connectivity index (χ0n) is 27.8. The third-order valence-corrected chi connectivity index (χ3v) is 8.93. The molecule has 0 spiro atoms. The predicted molar refractivity (Wildman–Crippen MR) is 184 cm³/mol. The third kappa shape index (κ3) is 8.61. The van der Waals surface area contributed by atoms with Crippen LogP contribution in [-0.2, 0) is 14.3 Å². The molecule has 1 saturated carbocycles. The summed E-state index contributed by atoms with van der Waals surface area (Å²) in [5.41, 5.74) is 2.09. The molecule has 0 radical (unpaired) electrons. The molecule has 14 heteroatoms. The first-order valence-corrected chi connectivity index (χ1v) is 16.6. The van der Waals surface area contributed by atoms with Crippen molar-refractivity contribution in [2.75, 3.05) is 69.2 Å². The molecule has 1 saturated heterocycles. The van der Waals surface area contributed by atoms with Crippen LogP contribution in [-0.4, -0.2) is 101 Å². The van der Waals surface area contributed by atoms with E-state index >= 15 is 0 Å². The van der Waals surface area contributed by atoms with Crippen molar-refractivity contribution in [1.82, 2.24) is 35.1 Å². The van der Waals surface area contributed by atoms with E-state index in [-0.39, 0.29) is 34.8 Å². The quantitative estimate of drug-likeness (QED) is 0.125. The average Bonchev–Trinajstić information content (AvgIpc) is 3.62. The van der Waals surface area contributed by atoms with Crippen molar-refractivity contribution in [3.63, 3.8) is 0 Å². The molecule has 1 aliphatic carbocycles. The summed E-state index contributed by atoms with van der Waals surface area (Å²) in [6.45, 7) is 12.2. The Morgan fingerprint density at radius 2 is 1.75 bits per heavy atom. The molecule has 2 fully saturated rings. The SMILES string of the molecule is C=CC(=O)NCCOCCNC(=O)CCN1CCN(c2ccc(Nc3ncc4c(C)c(C(C)=O)c(=O)n(C5CCCC5)c4n3)nc2)CC1. The lowest BCUT2D eigenvalue weighted by molar-refractivity contribution is -0.121. The Labute approximate surface area is 280 Å². The van der Waals surface area contributed by atoms with Crippen LogP contribution in [0.4, 0.5) is 17.5 Å². The third-order valence-electron chi connectivity index (χ3n) is 8.93. The van der Waals surface area contributed by atoms with Crippen LogP contribution in [0.15, 0.2) is 42.0 Å². The smallest absolute Gasteiger partial charge is 0.263 e. The van der Waals surface area contributed by atoms with E-state index in [9.17, 15) is 19.2 Å². The Morgan fingerprint density at radius 1 is 1.02 bits per heavy atom. The van der Waals surface area contributed by atoms with Gasteiger partial charge in [-0.1, -0.05) is 19.4 Å². The van der Waals surface area contributed by atoms with Gasteiger partial charge in [-0.15, -0.1) is 0 Å². The first kappa shape index (κ1) is 34.6. The lowest BCUT2D eigenvalue weighted by Gasteiger charge is -2.35. The van der Waals surface area contributed by atoms with Crippen LogP contribution in [0.25, 0.3) is 11.0 Å². The first-order chi connectivity index (χ1) is 23.2. The lowest BCUT2D eigenvalue weighted by Crippen LogP contribution is -2.47. The minimum Gasteiger partial charge on any atom is -0.378 e. The number of anilines is 3. The molecule has 2 aliphatic rings. The highest BCUT2D eigenvalue weighted by atomic mass is 16.5. The molecule has 2 amide bonds. The summed E-state index contributed by atoms with van der Waals surface area (Å²) in [5, 5.41) is 9.38. The Kier molecular flexibility index (Phi) is 11.9. The standard InChI is InChI=1S/C34H45N9O5/c1-4-29(45)35-12-19-48-20-13-36-30(46)11-14-41-15-17-42(18-16-41)26-9-10-28(37-21-26)39-34-38-22-27-23(2)31(24(3)44)33(47)43(32(27)40-34)25-7-5-6-8-25/h4,9-10,21-22,25H,1,5-8,11-20H2,2-3H3,(H,35,45)(H,36,46)(H,37,38,39,40). The topological polar surface area (TPSA) is 164 Å². The number of fused-ring (bicyclic) bond motifs is 1. The van der Waals surface area contributed by atoms with Crippen LogP contribution in [0.2, 0.25) is 0 Å². The van der Waals surface area contributed by atoms with Crippen LogP contribution in [0.5, 0.6) is 0 Å². The van der Waals surface area contributed by atoms with Crippen LogP contribution in [0.1, 0.15) is 61.0 Å². The number of aromatic nitrogens is 4. The van der Waals surface area contributed by atoms with E-state index in [1.807, 2.05) is 18.3 Å². The van der Waals surface area contributed by atoms with Crippen molar-refractivity contribution in [2.45, 2.75) is 52.0 Å². The number of Topliss-reactive ketones (excluding diaryl/α,β-unsaturated/α-hetero) is 1. The summed E-state index contributed by atoms with van der Waals surface area (Å²) < 4.78 is 7.11. The molecule has 3 N–H and O–H groups in total. The van der Waals surface area contributed by atoms with Gasteiger partial charge >= 0.3 is 0 Å². The van der Waals surface area contributed by atoms with Crippen molar-refractivity contribution in [1.29, 1.82) is 0 Å². The van der Waals surface area contributed by atoms with Crippen molar-refractivity contribution in [3.8, 4) is 0 Å². The Bertz CT molecular complexity index is 1680. The van der Waals surface area contributed by atoms with Crippen molar-refractivity contribution >= 4 is 46.1 Å². The number of hydrogen-bond donors (Lipinski definition) is 3. The zero-order chi connectivity index (χ0) is 34.0. The lowest BCUT2D eigenvalue weighted by atomic mass is 10.0. The number of ketones is 1. The molecule has 256 valence electrons. The van der Waals surface area contributed by atoms with Gasteiger partial charge in [-0.25, -0.2) is 9.97 Å². The molecule has 3 aromatic rings. The van der Waals surface area contributed by atoms with Gasteiger partial charge in [0.1, 0.15) is 11.5 Å². The molecule has 0 atom stereocenters. The van der Waals surface area contributed by atoms with Crippen molar-refractivity contribution in [2.24, 2.45) is 0 Å². The minimum absolute atomic E-state index is 0.0119. The summed E-state index contributed by atoms with van der Waals surface area (Å²) in [6, 6.07) is 3.90. The second kappa shape index (κ2) is 16.4. The molecule has 0 bridgehead atoms. The predicted octanol–water partition coefficient (Wildman–Crippen LogP) is 2.50. The molecule has 3 aromatic heterocycles. The summed E-state index contributed by atoms with van der Waals surface area (Å²) >= 11 is 0. The van der Waals surface area contributed by atoms with Gasteiger partial charge in [0, 0.05) is 69.9 Å². The highest BCUT2D eigenvalue weighted by Crippen LogP contribution is 2.32. The van der Waals surface area contributed by atoms with Crippen LogP contribution in [0, 0.1) is 6.92 Å². The molecule has 14 nitrogen and oxygen atoms in total. The number of carbonyl (C=O) groups is 3. The number of ether oxygens (including phenoxy) is 1. The van der Waals surface area contributed by atoms with Crippen molar-refractivity contribution in [3.05, 3.63) is 58.7 Å². The number of carbonyl (C=O) groups excluding carboxylic acids is 3. The largest absolute Gasteiger partial charge is 0.378 e. The molecule has 1 aliphatic heterocycles. The highest BCUT2D eigenvalue weighted by molar-refractivity contribution is 5.99. The van der Waals surface area contributed by atoms with E-state index in [1.54, 1.807) is 17.7 Å². The number of hydrogen-bond acceptors (Lipinski definition) is 11. The van der Waals surface area contributed by atoms with E-state index in [2.05, 4.69) is 42.3 Å². The number of rotatable bonds is 15. The highest BCUT2D eigenvalue weighted by Gasteiger charge is 2.26. The van der Waals surface area contributed by atoms with E-state index in [1.165, 1.54) is 13.0 Å². The fourth-order valence-electron chi connectivity index (χ4n) is 6.33. The number of piperazine rings is 1.